The molecule has 0 spiro atoms. The molecular formula is C43H68N6O6S. The van der Waals surface area contributed by atoms with Gasteiger partial charge < -0.3 is 35.2 Å². The smallest absolute Gasteiger partial charge is 0.245 e. The molecular weight excluding hydrogens is 729 g/mol. The number of nitrogens with zero attached hydrogens (tertiary/aromatic N) is 3. The molecule has 8 atom stereocenters. The Labute approximate surface area is 339 Å². The first-order valence-electron chi connectivity index (χ1n) is 20.7. The number of methoxy groups -OCH3 is 2. The highest BCUT2D eigenvalue weighted by molar-refractivity contribution is 7.09. The number of amides is 4. The highest BCUT2D eigenvalue weighted by Gasteiger charge is 2.44. The van der Waals surface area contributed by atoms with Crippen LogP contribution in [0.1, 0.15) is 103 Å². The Hall–Kier alpha value is -3.39. The number of carbonyl (C=O) groups is 4. The lowest BCUT2D eigenvalue weighted by atomic mass is 9.80. The summed E-state index contributed by atoms with van der Waals surface area (Å²) in [6.45, 7) is 10.2. The summed E-state index contributed by atoms with van der Waals surface area (Å²) in [7, 11) is 6.78. The number of ether oxygens (including phenoxy) is 2. The maximum Gasteiger partial charge on any atom is 0.245 e. The molecule has 0 radical (unpaired) electrons. The lowest BCUT2D eigenvalue weighted by Crippen LogP contribution is -2.60. The van der Waals surface area contributed by atoms with Crippen molar-refractivity contribution in [1.82, 2.24) is 30.7 Å². The monoisotopic (exact) mass is 796 g/mol. The van der Waals surface area contributed by atoms with Gasteiger partial charge in [-0.1, -0.05) is 84.2 Å². The third kappa shape index (κ3) is 11.6. The van der Waals surface area contributed by atoms with Crippen LogP contribution in [0.5, 0.6) is 0 Å². The maximum absolute atomic E-state index is 14.4. The summed E-state index contributed by atoms with van der Waals surface area (Å²) in [5.41, 5.74) is 1.10. The predicted molar refractivity (Wildman–Crippen MR) is 221 cm³/mol. The molecule has 12 nitrogen and oxygen atoms in total. The van der Waals surface area contributed by atoms with Gasteiger partial charge in [0.05, 0.1) is 48.7 Å². The van der Waals surface area contributed by atoms with Crippen LogP contribution in [0.4, 0.5) is 0 Å². The second kappa shape index (κ2) is 21.9. The number of hydrogen-bond donors (Lipinski definition) is 3. The Morgan fingerprint density at radius 1 is 0.893 bits per heavy atom. The Morgan fingerprint density at radius 2 is 1.57 bits per heavy atom. The molecule has 312 valence electrons. The lowest BCUT2D eigenvalue weighted by Gasteiger charge is -2.43. The number of benzene rings is 1. The first-order chi connectivity index (χ1) is 26.8. The molecule has 1 saturated carbocycles. The molecule has 4 rings (SSSR count). The van der Waals surface area contributed by atoms with Gasteiger partial charge in [-0.15, -0.1) is 11.3 Å². The predicted octanol–water partition coefficient (Wildman–Crippen LogP) is 5.38. The minimum Gasteiger partial charge on any atom is -0.379 e. The number of likely N-dealkylation sites (N-methyl/N-ethyl adjacent to an activating group) is 2. The molecule has 1 aliphatic heterocycles. The summed E-state index contributed by atoms with van der Waals surface area (Å²) in [6, 6.07) is 7.92. The van der Waals surface area contributed by atoms with Crippen molar-refractivity contribution in [3.8, 4) is 0 Å². The summed E-state index contributed by atoms with van der Waals surface area (Å²) >= 11 is 1.51. The van der Waals surface area contributed by atoms with Gasteiger partial charge in [-0.05, 0) is 62.5 Å². The van der Waals surface area contributed by atoms with E-state index >= 15 is 0 Å². The van der Waals surface area contributed by atoms with Crippen molar-refractivity contribution >= 4 is 35.0 Å². The summed E-state index contributed by atoms with van der Waals surface area (Å²) in [5.74, 6) is -1.13. The molecule has 0 bridgehead atoms. The molecule has 0 unspecified atom stereocenters. The number of thiazole rings is 1. The van der Waals surface area contributed by atoms with E-state index in [1.807, 2.05) is 75.2 Å². The Balaban J connectivity index is 1.51. The average molecular weight is 797 g/mol. The van der Waals surface area contributed by atoms with Crippen LogP contribution in [0.2, 0.25) is 0 Å². The fraction of sp³-hybridized carbons (Fsp3) is 0.698. The summed E-state index contributed by atoms with van der Waals surface area (Å²) in [6.07, 6.45) is 7.95. The number of rotatable bonds is 20. The van der Waals surface area contributed by atoms with Gasteiger partial charge in [0.1, 0.15) is 11.0 Å². The molecule has 2 heterocycles. The Bertz CT molecular complexity index is 1520. The number of nitrogens with one attached hydrogen (secondary N) is 3. The van der Waals surface area contributed by atoms with Crippen molar-refractivity contribution in [1.29, 1.82) is 0 Å². The normalized spacial score (nSPS) is 20.2. The van der Waals surface area contributed by atoms with Gasteiger partial charge in [0.15, 0.2) is 0 Å². The third-order valence-electron chi connectivity index (χ3n) is 12.0. The van der Waals surface area contributed by atoms with Crippen LogP contribution in [0.15, 0.2) is 41.9 Å². The first-order valence-corrected chi connectivity index (χ1v) is 21.5. The van der Waals surface area contributed by atoms with Crippen molar-refractivity contribution in [2.24, 2.45) is 23.7 Å². The fourth-order valence-corrected chi connectivity index (χ4v) is 9.60. The van der Waals surface area contributed by atoms with Crippen LogP contribution < -0.4 is 16.0 Å². The van der Waals surface area contributed by atoms with E-state index in [0.29, 0.717) is 19.4 Å². The van der Waals surface area contributed by atoms with Crippen molar-refractivity contribution < 1.29 is 28.7 Å². The molecule has 2 fully saturated rings. The molecule has 2 aromatic rings. The fourth-order valence-electron chi connectivity index (χ4n) is 8.91. The van der Waals surface area contributed by atoms with Gasteiger partial charge in [0.2, 0.25) is 23.6 Å². The van der Waals surface area contributed by atoms with Gasteiger partial charge in [0, 0.05) is 39.4 Å². The minimum atomic E-state index is -0.734. The van der Waals surface area contributed by atoms with E-state index in [9.17, 15) is 19.2 Å². The standard InChI is InChI=1S/C43H68N6O6S/c1-27(2)36(44-6)41(52)47-37(28(3)4)43(53)48(7)38(31-19-14-11-15-20-31)34(54-8)26-35(50)49-23-16-21-33(49)39(55-9)29(5)40(51)46-32(42-45-22-24-56-42)25-30-17-12-10-13-18-30/h10,12-13,17-18,22,24,27-29,31-34,36-39,44H,11,14-16,19-21,23,25-26H2,1-9H3,(H,46,51)(H,47,52)/t29-,32+,33+,34-,36+,37+,38+,39-/m1/s1. The topological polar surface area (TPSA) is 142 Å². The number of likely N-dealkylation sites (tertiary alicyclic amines) is 1. The average Bonchev–Trinajstić information content (AvgIpc) is 3.91. The molecule has 1 aromatic heterocycles. The van der Waals surface area contributed by atoms with E-state index in [0.717, 1.165) is 49.1 Å². The lowest BCUT2D eigenvalue weighted by molar-refractivity contribution is -0.148. The Kier molecular flexibility index (Phi) is 17.8. The van der Waals surface area contributed by atoms with E-state index < -0.39 is 30.2 Å². The van der Waals surface area contributed by atoms with Gasteiger partial charge in [-0.3, -0.25) is 19.2 Å². The molecule has 1 aliphatic carbocycles. The first kappa shape index (κ1) is 45.3. The van der Waals surface area contributed by atoms with Crippen LogP contribution in [0.25, 0.3) is 0 Å². The van der Waals surface area contributed by atoms with Crippen molar-refractivity contribution in [3.05, 3.63) is 52.5 Å². The van der Waals surface area contributed by atoms with E-state index in [1.54, 1.807) is 39.4 Å². The number of hydrogen-bond acceptors (Lipinski definition) is 9. The van der Waals surface area contributed by atoms with Gasteiger partial charge in [0.25, 0.3) is 0 Å². The van der Waals surface area contributed by atoms with Crippen LogP contribution in [0.3, 0.4) is 0 Å². The largest absolute Gasteiger partial charge is 0.379 e. The Morgan fingerprint density at radius 3 is 2.14 bits per heavy atom. The van der Waals surface area contributed by atoms with Crippen LogP contribution in [0, 0.1) is 23.7 Å². The second-order valence-corrected chi connectivity index (χ2v) is 17.4. The minimum absolute atomic E-state index is 0.0455. The van der Waals surface area contributed by atoms with Gasteiger partial charge in [-0.25, -0.2) is 4.98 Å². The van der Waals surface area contributed by atoms with E-state index in [-0.39, 0.29) is 65.9 Å². The van der Waals surface area contributed by atoms with Crippen molar-refractivity contribution in [2.75, 3.05) is 34.9 Å². The quantitative estimate of drug-likeness (QED) is 0.162. The second-order valence-electron chi connectivity index (χ2n) is 16.5. The molecule has 56 heavy (non-hydrogen) atoms. The zero-order valence-electron chi connectivity index (χ0n) is 35.2. The van der Waals surface area contributed by atoms with Crippen molar-refractivity contribution in [2.45, 2.75) is 135 Å². The van der Waals surface area contributed by atoms with Gasteiger partial charge in [-0.2, -0.15) is 0 Å². The maximum atomic E-state index is 14.4. The highest BCUT2D eigenvalue weighted by Crippen LogP contribution is 2.34. The molecule has 1 saturated heterocycles. The van der Waals surface area contributed by atoms with Gasteiger partial charge >= 0.3 is 0 Å². The summed E-state index contributed by atoms with van der Waals surface area (Å²) in [4.78, 5) is 64.3. The SMILES string of the molecule is CN[C@H](C(=O)N[C@H](C(=O)N(C)[C@@H](C1CCCCC1)[C@@H](CC(=O)N1CCC[C@H]1[C@H](OC)[C@@H](C)C(=O)N[C@@H](Cc1ccccc1)c1nccs1)OC)C(C)C)C(C)C. The third-order valence-corrected chi connectivity index (χ3v) is 12.9. The number of carbonyl (C=O) groups excluding carboxylic acids is 4. The zero-order chi connectivity index (χ0) is 40.9. The zero-order valence-corrected chi connectivity index (χ0v) is 36.0. The van der Waals surface area contributed by atoms with E-state index in [2.05, 4.69) is 20.9 Å². The number of aromatic nitrogens is 1. The van der Waals surface area contributed by atoms with E-state index in [1.165, 1.54) is 11.3 Å². The molecule has 13 heteroatoms. The summed E-state index contributed by atoms with van der Waals surface area (Å²) < 4.78 is 12.2. The van der Waals surface area contributed by atoms with Crippen LogP contribution >= 0.6 is 11.3 Å². The molecule has 4 amide bonds. The molecule has 1 aromatic carbocycles. The summed E-state index contributed by atoms with van der Waals surface area (Å²) in [5, 5.41) is 12.1. The van der Waals surface area contributed by atoms with Crippen LogP contribution in [-0.4, -0.2) is 110 Å². The highest BCUT2D eigenvalue weighted by atomic mass is 32.1. The van der Waals surface area contributed by atoms with Crippen molar-refractivity contribution in [3.63, 3.8) is 0 Å². The molecule has 2 aliphatic rings. The van der Waals surface area contributed by atoms with E-state index in [4.69, 9.17) is 9.47 Å². The molecule has 3 N–H and O–H groups in total. The van der Waals surface area contributed by atoms with Crippen LogP contribution in [-0.2, 0) is 35.1 Å².